The first-order valence-electron chi connectivity index (χ1n) is 8.82. The van der Waals surface area contributed by atoms with E-state index in [1.54, 1.807) is 0 Å². The first-order chi connectivity index (χ1) is 12.6. The molecule has 1 atom stereocenters. The molecule has 6 nitrogen and oxygen atoms in total. The van der Waals surface area contributed by atoms with Crippen molar-refractivity contribution >= 4 is 11.9 Å². The van der Waals surface area contributed by atoms with Crippen LogP contribution in [0.5, 0.6) is 0 Å². The summed E-state index contributed by atoms with van der Waals surface area (Å²) < 4.78 is 6.01. The van der Waals surface area contributed by atoms with E-state index in [9.17, 15) is 9.59 Å². The summed E-state index contributed by atoms with van der Waals surface area (Å²) in [7, 11) is 0. The van der Waals surface area contributed by atoms with Gasteiger partial charge in [0.15, 0.2) is 0 Å². The van der Waals surface area contributed by atoms with Crippen LogP contribution < -0.4 is 5.32 Å². The number of aromatic nitrogens is 1. The predicted octanol–water partition coefficient (Wildman–Crippen LogP) is 2.99. The number of hydrogen-bond acceptors (Lipinski definition) is 4. The molecule has 3 rings (SSSR count). The molecule has 136 valence electrons. The Morgan fingerprint density at radius 1 is 1.23 bits per heavy atom. The Balaban J connectivity index is 1.41. The number of carboxylic acid groups (broad SMARTS) is 1. The normalized spacial score (nSPS) is 15.9. The van der Waals surface area contributed by atoms with Crippen molar-refractivity contribution in [1.29, 1.82) is 0 Å². The molecule has 1 aliphatic carbocycles. The molecule has 0 bridgehead atoms. The highest BCUT2D eigenvalue weighted by atomic mass is 16.5. The average Bonchev–Trinajstić information content (AvgIpc) is 2.67. The molecule has 1 aromatic carbocycles. The van der Waals surface area contributed by atoms with E-state index in [2.05, 4.69) is 28.5 Å². The second kappa shape index (κ2) is 8.58. The number of nitrogens with one attached hydrogen (secondary N) is 1. The number of carbonyl (C=O) groups excluding carboxylic acids is 1. The van der Waals surface area contributed by atoms with Gasteiger partial charge in [0.25, 0.3) is 5.91 Å². The second-order valence-electron chi connectivity index (χ2n) is 6.30. The quantitative estimate of drug-likeness (QED) is 0.746. The Labute approximate surface area is 152 Å². The van der Waals surface area contributed by atoms with Crippen LogP contribution in [0.25, 0.3) is 0 Å². The summed E-state index contributed by atoms with van der Waals surface area (Å²) in [6.45, 7) is 1.07. The van der Waals surface area contributed by atoms with E-state index in [1.165, 1.54) is 29.5 Å². The minimum absolute atomic E-state index is 0.0808. The molecule has 0 radical (unpaired) electrons. The number of amides is 1. The summed E-state index contributed by atoms with van der Waals surface area (Å²) in [6, 6.07) is 11.2. The highest BCUT2D eigenvalue weighted by molar-refractivity contribution is 5.94. The van der Waals surface area contributed by atoms with Crippen LogP contribution in [0.1, 0.15) is 57.3 Å². The summed E-state index contributed by atoms with van der Waals surface area (Å²) in [5.74, 6) is -1.38. The highest BCUT2D eigenvalue weighted by Crippen LogP contribution is 2.32. The van der Waals surface area contributed by atoms with Crippen molar-refractivity contribution in [1.82, 2.24) is 10.3 Å². The third-order valence-electron chi connectivity index (χ3n) is 4.48. The maximum atomic E-state index is 12.0. The zero-order chi connectivity index (χ0) is 18.4. The number of rotatable bonds is 7. The van der Waals surface area contributed by atoms with E-state index in [0.717, 1.165) is 19.3 Å². The van der Waals surface area contributed by atoms with Crippen LogP contribution >= 0.6 is 0 Å². The van der Waals surface area contributed by atoms with E-state index in [-0.39, 0.29) is 17.7 Å². The lowest BCUT2D eigenvalue weighted by molar-refractivity contribution is 0.0393. The van der Waals surface area contributed by atoms with Gasteiger partial charge in [-0.25, -0.2) is 9.78 Å². The van der Waals surface area contributed by atoms with Gasteiger partial charge < -0.3 is 15.2 Å². The van der Waals surface area contributed by atoms with Crippen LogP contribution in [0.15, 0.2) is 42.6 Å². The molecule has 0 spiro atoms. The Hall–Kier alpha value is -2.73. The maximum absolute atomic E-state index is 12.0. The van der Waals surface area contributed by atoms with Gasteiger partial charge in [0.05, 0.1) is 11.7 Å². The molecule has 1 unspecified atom stereocenters. The van der Waals surface area contributed by atoms with E-state index < -0.39 is 5.97 Å². The van der Waals surface area contributed by atoms with E-state index >= 15 is 0 Å². The lowest BCUT2D eigenvalue weighted by atomic mass is 9.89. The molecule has 1 heterocycles. The van der Waals surface area contributed by atoms with Gasteiger partial charge in [0.2, 0.25) is 0 Å². The molecular formula is C20H22N2O4. The molecule has 2 aromatic rings. The number of carboxylic acids is 1. The van der Waals surface area contributed by atoms with Gasteiger partial charge in [0.1, 0.15) is 5.69 Å². The van der Waals surface area contributed by atoms with Crippen molar-refractivity contribution in [3.05, 3.63) is 65.0 Å². The van der Waals surface area contributed by atoms with Crippen LogP contribution in [0, 0.1) is 0 Å². The van der Waals surface area contributed by atoms with Crippen molar-refractivity contribution < 1.29 is 19.4 Å². The standard InChI is InChI=1S/C20H22N2O4/c23-19(15-9-10-17(20(24)25)22-13-15)21-11-4-12-26-18-8-3-6-14-5-1-2-7-16(14)18/h1-2,5,7,9-10,13,18H,3-4,6,8,11-12H2,(H,21,23)(H,24,25). The van der Waals surface area contributed by atoms with Crippen molar-refractivity contribution in [2.75, 3.05) is 13.2 Å². The van der Waals surface area contributed by atoms with Gasteiger partial charge in [0, 0.05) is 19.3 Å². The topological polar surface area (TPSA) is 88.5 Å². The number of pyridine rings is 1. The van der Waals surface area contributed by atoms with Crippen molar-refractivity contribution in [2.24, 2.45) is 0 Å². The minimum Gasteiger partial charge on any atom is -0.477 e. The summed E-state index contributed by atoms with van der Waals surface area (Å²) in [6.07, 6.45) is 5.41. The Morgan fingerprint density at radius 3 is 2.85 bits per heavy atom. The number of fused-ring (bicyclic) bond motifs is 1. The third-order valence-corrected chi connectivity index (χ3v) is 4.48. The second-order valence-corrected chi connectivity index (χ2v) is 6.30. The van der Waals surface area contributed by atoms with Gasteiger partial charge in [-0.1, -0.05) is 24.3 Å². The summed E-state index contributed by atoms with van der Waals surface area (Å²) >= 11 is 0. The van der Waals surface area contributed by atoms with Gasteiger partial charge >= 0.3 is 5.97 Å². The first kappa shape index (κ1) is 18.1. The highest BCUT2D eigenvalue weighted by Gasteiger charge is 2.19. The van der Waals surface area contributed by atoms with Crippen molar-refractivity contribution in [3.8, 4) is 0 Å². The van der Waals surface area contributed by atoms with E-state index in [1.807, 2.05) is 6.07 Å². The molecule has 0 saturated heterocycles. The van der Waals surface area contributed by atoms with E-state index in [0.29, 0.717) is 25.1 Å². The Bertz CT molecular complexity index is 774. The monoisotopic (exact) mass is 354 g/mol. The summed E-state index contributed by atoms with van der Waals surface area (Å²) in [4.78, 5) is 26.5. The number of benzene rings is 1. The molecule has 1 amide bonds. The fraction of sp³-hybridized carbons (Fsp3) is 0.350. The Morgan fingerprint density at radius 2 is 2.08 bits per heavy atom. The van der Waals surface area contributed by atoms with Gasteiger partial charge in [-0.15, -0.1) is 0 Å². The number of nitrogens with zero attached hydrogens (tertiary/aromatic N) is 1. The van der Waals surface area contributed by atoms with Crippen molar-refractivity contribution in [3.63, 3.8) is 0 Å². The Kier molecular flexibility index (Phi) is 5.96. The smallest absolute Gasteiger partial charge is 0.354 e. The predicted molar refractivity (Wildman–Crippen MR) is 96.2 cm³/mol. The fourth-order valence-electron chi connectivity index (χ4n) is 3.14. The molecule has 0 aliphatic heterocycles. The minimum atomic E-state index is -1.11. The van der Waals surface area contributed by atoms with Crippen LogP contribution in [0.3, 0.4) is 0 Å². The molecule has 6 heteroatoms. The number of ether oxygens (including phenoxy) is 1. The molecule has 26 heavy (non-hydrogen) atoms. The summed E-state index contributed by atoms with van der Waals surface area (Å²) in [5, 5.41) is 11.6. The molecule has 2 N–H and O–H groups in total. The van der Waals surface area contributed by atoms with Gasteiger partial charge in [-0.2, -0.15) is 0 Å². The largest absolute Gasteiger partial charge is 0.477 e. The third kappa shape index (κ3) is 4.46. The van der Waals surface area contributed by atoms with E-state index in [4.69, 9.17) is 9.84 Å². The zero-order valence-corrected chi connectivity index (χ0v) is 14.5. The van der Waals surface area contributed by atoms with Crippen LogP contribution in [0.2, 0.25) is 0 Å². The van der Waals surface area contributed by atoms with Crippen LogP contribution in [-0.2, 0) is 11.2 Å². The van der Waals surface area contributed by atoms with Crippen LogP contribution in [-0.4, -0.2) is 35.1 Å². The molecule has 0 saturated carbocycles. The molecule has 0 fully saturated rings. The SMILES string of the molecule is O=C(NCCCOC1CCCc2ccccc21)c1ccc(C(=O)O)nc1. The number of hydrogen-bond donors (Lipinski definition) is 2. The van der Waals surface area contributed by atoms with Gasteiger partial charge in [-0.3, -0.25) is 4.79 Å². The fourth-order valence-corrected chi connectivity index (χ4v) is 3.14. The average molecular weight is 354 g/mol. The molecular weight excluding hydrogens is 332 g/mol. The van der Waals surface area contributed by atoms with Crippen molar-refractivity contribution in [2.45, 2.75) is 31.8 Å². The number of carbonyl (C=O) groups is 2. The lowest BCUT2D eigenvalue weighted by Gasteiger charge is -2.25. The number of aromatic carboxylic acids is 1. The lowest BCUT2D eigenvalue weighted by Crippen LogP contribution is -2.26. The molecule has 1 aliphatic rings. The van der Waals surface area contributed by atoms with Crippen LogP contribution in [0.4, 0.5) is 0 Å². The summed E-state index contributed by atoms with van der Waals surface area (Å²) in [5.41, 5.74) is 2.92. The first-order valence-corrected chi connectivity index (χ1v) is 8.82. The maximum Gasteiger partial charge on any atom is 0.354 e. The number of aryl methyl sites for hydroxylation is 1. The molecule has 1 aromatic heterocycles. The van der Waals surface area contributed by atoms with Gasteiger partial charge in [-0.05, 0) is 48.9 Å². The zero-order valence-electron chi connectivity index (χ0n) is 14.5.